The van der Waals surface area contributed by atoms with E-state index in [1.807, 2.05) is 0 Å². The zero-order valence-corrected chi connectivity index (χ0v) is 32.2. The van der Waals surface area contributed by atoms with Crippen LogP contribution in [-0.4, -0.2) is 0 Å². The Morgan fingerprint density at radius 3 is 1.48 bits per heavy atom. The molecule has 0 saturated heterocycles. The van der Waals surface area contributed by atoms with Crippen LogP contribution >= 0.6 is 0 Å². The Morgan fingerprint density at radius 2 is 0.827 bits per heavy atom. The predicted molar refractivity (Wildman–Crippen MR) is 223 cm³/mol. The third-order valence-corrected chi connectivity index (χ3v) is 13.7. The normalized spacial score (nSPS) is 16.2. The van der Waals surface area contributed by atoms with Crippen LogP contribution in [0.1, 0.15) is 103 Å². The molecule has 0 heteroatoms. The Bertz CT molecular complexity index is 2840. The molecule has 4 aliphatic rings. The number of hydrogen-bond donors (Lipinski definition) is 0. The molecule has 0 aromatic heterocycles. The van der Waals surface area contributed by atoms with Crippen LogP contribution in [0, 0.1) is 0 Å². The Hall–Kier alpha value is -4.94. The van der Waals surface area contributed by atoms with Gasteiger partial charge in [0.05, 0.1) is 0 Å². The highest BCUT2D eigenvalue weighted by atomic mass is 14.5. The standard InChI is InChI=1S/C52H46/c1-49(2,3)27-14-16-29-32-18-19-34-38-24-43-40(26-42(38)51(7,8)41-21-20-33(36(29)22-27)47(32)48(34)41)46-35-13-11-12-31-37-23-28(50(4,5)6)15-17-30(37)39(45(31)35)25-44(46)52(43,9)10/h11-26H,1-10H3. The molecular weight excluding hydrogens is 625 g/mol. The lowest BCUT2D eigenvalue weighted by molar-refractivity contribution is 0.590. The van der Waals surface area contributed by atoms with Crippen molar-refractivity contribution in [1.82, 2.24) is 0 Å². The van der Waals surface area contributed by atoms with Gasteiger partial charge in [0.1, 0.15) is 0 Å². The lowest BCUT2D eigenvalue weighted by Crippen LogP contribution is -2.24. The maximum atomic E-state index is 2.60. The smallest absolute Gasteiger partial charge is 0.0159 e. The first-order chi connectivity index (χ1) is 24.6. The fraction of sp³-hybridized carbons (Fsp3) is 0.269. The molecule has 7 aromatic rings. The Morgan fingerprint density at radius 1 is 0.346 bits per heavy atom. The van der Waals surface area contributed by atoms with Crippen LogP contribution in [0.4, 0.5) is 0 Å². The van der Waals surface area contributed by atoms with Crippen molar-refractivity contribution in [2.45, 2.75) is 90.9 Å². The molecule has 0 nitrogen and oxygen atoms in total. The van der Waals surface area contributed by atoms with Crippen LogP contribution in [0.5, 0.6) is 0 Å². The lowest BCUT2D eigenvalue weighted by Gasteiger charge is -2.36. The first-order valence-corrected chi connectivity index (χ1v) is 19.3. The van der Waals surface area contributed by atoms with E-state index < -0.39 is 0 Å². The molecule has 52 heavy (non-hydrogen) atoms. The summed E-state index contributed by atoms with van der Waals surface area (Å²) in [6.07, 6.45) is 0. The molecule has 0 fully saturated rings. The van der Waals surface area contributed by atoms with Crippen molar-refractivity contribution in [3.8, 4) is 66.8 Å². The summed E-state index contributed by atoms with van der Waals surface area (Å²) < 4.78 is 0. The Kier molecular flexibility index (Phi) is 5.40. The molecule has 0 spiro atoms. The minimum Gasteiger partial charge on any atom is -0.0610 e. The summed E-state index contributed by atoms with van der Waals surface area (Å²) in [7, 11) is 0. The highest BCUT2D eigenvalue weighted by Gasteiger charge is 2.43. The molecule has 0 aliphatic heterocycles. The average Bonchev–Trinajstić information content (AvgIpc) is 3.68. The zero-order valence-electron chi connectivity index (χ0n) is 32.2. The number of hydrogen-bond acceptors (Lipinski definition) is 0. The van der Waals surface area contributed by atoms with E-state index in [1.54, 1.807) is 0 Å². The van der Waals surface area contributed by atoms with E-state index in [1.165, 1.54) is 122 Å². The topological polar surface area (TPSA) is 0 Å². The van der Waals surface area contributed by atoms with Crippen molar-refractivity contribution in [3.05, 3.63) is 130 Å². The first-order valence-electron chi connectivity index (χ1n) is 19.3. The van der Waals surface area contributed by atoms with E-state index in [2.05, 4.69) is 166 Å². The minimum atomic E-state index is -0.152. The van der Waals surface area contributed by atoms with Gasteiger partial charge in [-0.05, 0) is 163 Å². The Balaban J connectivity index is 1.16. The second-order valence-electron chi connectivity index (χ2n) is 19.4. The molecule has 0 atom stereocenters. The van der Waals surface area contributed by atoms with Crippen LogP contribution < -0.4 is 0 Å². The van der Waals surface area contributed by atoms with Crippen LogP contribution in [0.3, 0.4) is 0 Å². The number of fused-ring (bicyclic) bond motifs is 12. The minimum absolute atomic E-state index is 0.107. The first kappa shape index (κ1) is 30.7. The molecule has 0 heterocycles. The summed E-state index contributed by atoms with van der Waals surface area (Å²) in [6.45, 7) is 23.8. The maximum absolute atomic E-state index is 2.60. The van der Waals surface area contributed by atoms with E-state index in [4.69, 9.17) is 0 Å². The molecule has 0 N–H and O–H groups in total. The van der Waals surface area contributed by atoms with Crippen LogP contribution in [0.2, 0.25) is 0 Å². The molecule has 0 amide bonds. The summed E-state index contributed by atoms with van der Waals surface area (Å²) in [4.78, 5) is 0. The second kappa shape index (κ2) is 9.16. The molecule has 7 aromatic carbocycles. The summed E-state index contributed by atoms with van der Waals surface area (Å²) in [5.74, 6) is 0. The summed E-state index contributed by atoms with van der Waals surface area (Å²) >= 11 is 0. The molecule has 11 rings (SSSR count). The fourth-order valence-electron chi connectivity index (χ4n) is 10.7. The van der Waals surface area contributed by atoms with Gasteiger partial charge in [-0.1, -0.05) is 136 Å². The van der Waals surface area contributed by atoms with Crippen LogP contribution in [0.25, 0.3) is 88.3 Å². The second-order valence-corrected chi connectivity index (χ2v) is 19.4. The van der Waals surface area contributed by atoms with E-state index >= 15 is 0 Å². The van der Waals surface area contributed by atoms with Crippen molar-refractivity contribution in [1.29, 1.82) is 0 Å². The van der Waals surface area contributed by atoms with E-state index in [0.29, 0.717) is 0 Å². The van der Waals surface area contributed by atoms with Gasteiger partial charge in [-0.15, -0.1) is 0 Å². The molecule has 0 radical (unpaired) electrons. The van der Waals surface area contributed by atoms with Crippen molar-refractivity contribution >= 4 is 21.5 Å². The maximum Gasteiger partial charge on any atom is 0.0159 e. The quantitative estimate of drug-likeness (QED) is 0.151. The lowest BCUT2D eigenvalue weighted by atomic mass is 9.66. The SMILES string of the molecule is CC(C)(C)c1ccc2c(c1)-c1cccc3c4c(cc-2c13)C(C)(C)c1cc2c(cc1-4)C(C)(C)c1ccc3c4c(ccc-2c14)-c1ccc(C(C)(C)C)cc1-3. The van der Waals surface area contributed by atoms with Crippen LogP contribution in [-0.2, 0) is 21.7 Å². The largest absolute Gasteiger partial charge is 0.0610 e. The van der Waals surface area contributed by atoms with Gasteiger partial charge < -0.3 is 0 Å². The highest BCUT2D eigenvalue weighted by Crippen LogP contribution is 2.61. The van der Waals surface area contributed by atoms with Crippen molar-refractivity contribution < 1.29 is 0 Å². The molecule has 0 bridgehead atoms. The van der Waals surface area contributed by atoms with E-state index in [9.17, 15) is 0 Å². The van der Waals surface area contributed by atoms with Gasteiger partial charge in [-0.3, -0.25) is 0 Å². The summed E-state index contributed by atoms with van der Waals surface area (Å²) in [5.41, 5.74) is 25.3. The molecule has 0 saturated carbocycles. The van der Waals surface area contributed by atoms with Crippen molar-refractivity contribution in [3.63, 3.8) is 0 Å². The van der Waals surface area contributed by atoms with Crippen molar-refractivity contribution in [2.75, 3.05) is 0 Å². The van der Waals surface area contributed by atoms with Gasteiger partial charge in [0.2, 0.25) is 0 Å². The van der Waals surface area contributed by atoms with Gasteiger partial charge in [0.25, 0.3) is 0 Å². The molecule has 254 valence electrons. The zero-order chi connectivity index (χ0) is 36.0. The average molecular weight is 671 g/mol. The van der Waals surface area contributed by atoms with Gasteiger partial charge in [0.15, 0.2) is 0 Å². The third kappa shape index (κ3) is 3.55. The van der Waals surface area contributed by atoms with Gasteiger partial charge in [-0.25, -0.2) is 0 Å². The highest BCUT2D eigenvalue weighted by molar-refractivity contribution is 6.23. The predicted octanol–water partition coefficient (Wildman–Crippen LogP) is 14.5. The summed E-state index contributed by atoms with van der Waals surface area (Å²) in [5, 5.41) is 5.71. The summed E-state index contributed by atoms with van der Waals surface area (Å²) in [6, 6.07) is 38.9. The van der Waals surface area contributed by atoms with Crippen molar-refractivity contribution in [2.24, 2.45) is 0 Å². The van der Waals surface area contributed by atoms with Gasteiger partial charge >= 0.3 is 0 Å². The molecule has 0 unspecified atom stereocenters. The number of rotatable bonds is 0. The fourth-order valence-corrected chi connectivity index (χ4v) is 10.7. The van der Waals surface area contributed by atoms with Gasteiger partial charge in [0, 0.05) is 10.8 Å². The van der Waals surface area contributed by atoms with Gasteiger partial charge in [-0.2, -0.15) is 0 Å². The molecular formula is C52H46. The third-order valence-electron chi connectivity index (χ3n) is 13.7. The van der Waals surface area contributed by atoms with E-state index in [0.717, 1.165) is 0 Å². The van der Waals surface area contributed by atoms with E-state index in [-0.39, 0.29) is 21.7 Å². The monoisotopic (exact) mass is 670 g/mol. The number of benzene rings is 7. The molecule has 4 aliphatic carbocycles. The Labute approximate surface area is 308 Å². The van der Waals surface area contributed by atoms with Crippen LogP contribution in [0.15, 0.2) is 97.1 Å².